The summed E-state index contributed by atoms with van der Waals surface area (Å²) in [4.78, 5) is 13.2. The Hall–Kier alpha value is -3.32. The maximum atomic E-state index is 14.4. The van der Waals surface area contributed by atoms with Crippen LogP contribution in [0.2, 0.25) is 0 Å². The van der Waals surface area contributed by atoms with Crippen molar-refractivity contribution in [1.82, 2.24) is 29.8 Å². The Morgan fingerprint density at radius 1 is 1.19 bits per heavy atom. The van der Waals surface area contributed by atoms with E-state index in [1.54, 1.807) is 0 Å². The highest BCUT2D eigenvalue weighted by Gasteiger charge is 2.52. The van der Waals surface area contributed by atoms with Crippen LogP contribution in [0.15, 0.2) is 18.6 Å². The van der Waals surface area contributed by atoms with E-state index in [-0.39, 0.29) is 28.9 Å². The van der Waals surface area contributed by atoms with Gasteiger partial charge in [-0.15, -0.1) is 14.8 Å². The van der Waals surface area contributed by atoms with Gasteiger partial charge in [0.15, 0.2) is 5.65 Å². The number of nitrogens with zero attached hydrogens (tertiary/aromatic N) is 7. The fourth-order valence-electron chi connectivity index (χ4n) is 3.47. The molecule has 31 heavy (non-hydrogen) atoms. The molecule has 0 aromatic carbocycles. The molecule has 166 valence electrons. The maximum absolute atomic E-state index is 14.4. The van der Waals surface area contributed by atoms with Crippen molar-refractivity contribution in [3.8, 4) is 23.1 Å². The first-order valence-corrected chi connectivity index (χ1v) is 8.97. The highest BCUT2D eigenvalue weighted by Crippen LogP contribution is 2.43. The largest absolute Gasteiger partial charge is 0.480 e. The summed E-state index contributed by atoms with van der Waals surface area (Å²) < 4.78 is 78.4. The zero-order valence-corrected chi connectivity index (χ0v) is 16.3. The minimum absolute atomic E-state index is 0.0387. The molecule has 0 bridgehead atoms. The van der Waals surface area contributed by atoms with Crippen LogP contribution in [0.4, 0.5) is 27.6 Å². The summed E-state index contributed by atoms with van der Waals surface area (Å²) in [5, 5.41) is 8.20. The average Bonchev–Trinajstić information content (AvgIpc) is 3.29. The molecule has 14 heteroatoms. The molecule has 0 saturated carbocycles. The molecule has 0 aliphatic carbocycles. The minimum Gasteiger partial charge on any atom is -0.480 e. The summed E-state index contributed by atoms with van der Waals surface area (Å²) in [6, 6.07) is 1.46. The smallest absolute Gasteiger partial charge is 0.389 e. The molecule has 0 amide bonds. The molecule has 1 saturated heterocycles. The Labute approximate surface area is 171 Å². The third kappa shape index (κ3) is 4.01. The van der Waals surface area contributed by atoms with Gasteiger partial charge >= 0.3 is 12.2 Å². The van der Waals surface area contributed by atoms with Gasteiger partial charge in [-0.1, -0.05) is 0 Å². The van der Waals surface area contributed by atoms with Crippen molar-refractivity contribution in [2.45, 2.75) is 18.5 Å². The SMILES string of the molecule is COc1ncc(-c2cc(N3CC(CC(F)(F)F)C(F)(F)C3)c3ncnn3n2)c(OC)n1. The second kappa shape index (κ2) is 7.42. The van der Waals surface area contributed by atoms with E-state index in [0.29, 0.717) is 5.56 Å². The number of hydrogen-bond acceptors (Lipinski definition) is 8. The Morgan fingerprint density at radius 2 is 1.97 bits per heavy atom. The maximum Gasteiger partial charge on any atom is 0.389 e. The van der Waals surface area contributed by atoms with Crippen LogP contribution in [0.5, 0.6) is 11.9 Å². The van der Waals surface area contributed by atoms with E-state index in [1.807, 2.05) is 0 Å². The van der Waals surface area contributed by atoms with Crippen LogP contribution in [0.25, 0.3) is 16.9 Å². The van der Waals surface area contributed by atoms with Gasteiger partial charge in [-0.05, 0) is 6.07 Å². The minimum atomic E-state index is -4.70. The number of methoxy groups -OCH3 is 2. The monoisotopic (exact) mass is 445 g/mol. The van der Waals surface area contributed by atoms with Gasteiger partial charge in [-0.25, -0.2) is 18.7 Å². The molecule has 1 atom stereocenters. The van der Waals surface area contributed by atoms with Gasteiger partial charge in [0.2, 0.25) is 5.88 Å². The first-order valence-electron chi connectivity index (χ1n) is 8.97. The van der Waals surface area contributed by atoms with Crippen molar-refractivity contribution in [3.05, 3.63) is 18.6 Å². The van der Waals surface area contributed by atoms with Gasteiger partial charge < -0.3 is 14.4 Å². The lowest BCUT2D eigenvalue weighted by Crippen LogP contribution is -2.31. The Kier molecular flexibility index (Phi) is 5.01. The summed E-state index contributed by atoms with van der Waals surface area (Å²) in [5.74, 6) is -5.31. The van der Waals surface area contributed by atoms with Gasteiger partial charge in [0, 0.05) is 12.7 Å². The van der Waals surface area contributed by atoms with Gasteiger partial charge in [0.25, 0.3) is 5.92 Å². The third-order valence-electron chi connectivity index (χ3n) is 4.88. The van der Waals surface area contributed by atoms with E-state index in [4.69, 9.17) is 9.47 Å². The molecule has 0 radical (unpaired) electrons. The van der Waals surface area contributed by atoms with Crippen LogP contribution in [0.3, 0.4) is 0 Å². The van der Waals surface area contributed by atoms with Gasteiger partial charge in [0.05, 0.1) is 44.4 Å². The van der Waals surface area contributed by atoms with Crippen LogP contribution >= 0.6 is 0 Å². The summed E-state index contributed by atoms with van der Waals surface area (Å²) in [5.41, 5.74) is 0.792. The Bertz CT molecular complexity index is 1100. The molecule has 1 unspecified atom stereocenters. The first kappa shape index (κ1) is 20.9. The fourth-order valence-corrected chi connectivity index (χ4v) is 3.47. The van der Waals surface area contributed by atoms with E-state index < -0.39 is 37.5 Å². The lowest BCUT2D eigenvalue weighted by Gasteiger charge is -2.19. The average molecular weight is 445 g/mol. The summed E-state index contributed by atoms with van der Waals surface area (Å²) in [6.45, 7) is -1.40. The zero-order chi connectivity index (χ0) is 22.4. The van der Waals surface area contributed by atoms with E-state index in [9.17, 15) is 22.0 Å². The molecule has 0 N–H and O–H groups in total. The van der Waals surface area contributed by atoms with Crippen molar-refractivity contribution in [2.24, 2.45) is 5.92 Å². The zero-order valence-electron chi connectivity index (χ0n) is 16.3. The molecule has 1 aliphatic rings. The van der Waals surface area contributed by atoms with Crippen LogP contribution in [-0.4, -0.2) is 69.2 Å². The number of alkyl halides is 5. The molecule has 4 heterocycles. The number of halogens is 5. The highest BCUT2D eigenvalue weighted by molar-refractivity contribution is 5.76. The predicted octanol–water partition coefficient (Wildman–Crippen LogP) is 2.62. The van der Waals surface area contributed by atoms with Crippen molar-refractivity contribution in [1.29, 1.82) is 0 Å². The number of anilines is 1. The normalized spacial score (nSPS) is 18.5. The first-order chi connectivity index (χ1) is 14.6. The van der Waals surface area contributed by atoms with E-state index in [0.717, 1.165) is 9.53 Å². The second-order valence-corrected chi connectivity index (χ2v) is 6.93. The quantitative estimate of drug-likeness (QED) is 0.554. The van der Waals surface area contributed by atoms with Gasteiger partial charge in [-0.3, -0.25) is 0 Å². The molecular formula is C17H16F5N7O2. The van der Waals surface area contributed by atoms with E-state index >= 15 is 0 Å². The predicted molar refractivity (Wildman–Crippen MR) is 96.2 cm³/mol. The van der Waals surface area contributed by atoms with Crippen molar-refractivity contribution < 1.29 is 31.4 Å². The molecule has 3 aromatic rings. The summed E-state index contributed by atoms with van der Waals surface area (Å²) in [7, 11) is 2.74. The number of rotatable bonds is 5. The number of hydrogen-bond donors (Lipinski definition) is 0. The van der Waals surface area contributed by atoms with Crippen molar-refractivity contribution in [3.63, 3.8) is 0 Å². The molecule has 3 aromatic heterocycles. The van der Waals surface area contributed by atoms with E-state index in [1.165, 1.54) is 32.8 Å². The standard InChI is InChI=1S/C17H16F5N7O2/c1-30-14-10(5-23-15(26-14)31-2)11-3-12(13-24-8-25-29(13)27-11)28-6-9(4-17(20,21)22)16(18,19)7-28/h3,5,8-9H,4,6-7H2,1-2H3. The molecule has 1 aliphatic heterocycles. The highest BCUT2D eigenvalue weighted by atomic mass is 19.4. The molecule has 4 rings (SSSR count). The third-order valence-corrected chi connectivity index (χ3v) is 4.88. The molecule has 1 fully saturated rings. The van der Waals surface area contributed by atoms with Crippen LogP contribution in [0.1, 0.15) is 6.42 Å². The number of ether oxygens (including phenoxy) is 2. The summed E-state index contributed by atoms with van der Waals surface area (Å²) in [6.07, 6.45) is -3.76. The lowest BCUT2D eigenvalue weighted by atomic mass is 10.0. The van der Waals surface area contributed by atoms with Crippen LogP contribution in [0, 0.1) is 5.92 Å². The second-order valence-electron chi connectivity index (χ2n) is 6.93. The topological polar surface area (TPSA) is 90.6 Å². The lowest BCUT2D eigenvalue weighted by molar-refractivity contribution is -0.163. The molecule has 0 spiro atoms. The van der Waals surface area contributed by atoms with Crippen LogP contribution < -0.4 is 14.4 Å². The summed E-state index contributed by atoms with van der Waals surface area (Å²) >= 11 is 0. The molecular weight excluding hydrogens is 429 g/mol. The van der Waals surface area contributed by atoms with Gasteiger partial charge in [-0.2, -0.15) is 18.2 Å². The van der Waals surface area contributed by atoms with Crippen LogP contribution in [-0.2, 0) is 0 Å². The van der Waals surface area contributed by atoms with E-state index in [2.05, 4.69) is 25.1 Å². The Morgan fingerprint density at radius 3 is 2.65 bits per heavy atom. The Balaban J connectivity index is 1.77. The van der Waals surface area contributed by atoms with Crippen molar-refractivity contribution >= 4 is 11.3 Å². The number of aromatic nitrogens is 6. The van der Waals surface area contributed by atoms with Gasteiger partial charge in [0.1, 0.15) is 12.0 Å². The van der Waals surface area contributed by atoms with Crippen molar-refractivity contribution in [2.75, 3.05) is 32.2 Å². The fraction of sp³-hybridized carbons (Fsp3) is 0.471. The number of fused-ring (bicyclic) bond motifs is 1. The molecule has 9 nitrogen and oxygen atoms in total.